The zero-order chi connectivity index (χ0) is 13.3. The fraction of sp³-hybridized carbons (Fsp3) is 0.438. The van der Waals surface area contributed by atoms with Crippen molar-refractivity contribution in [3.8, 4) is 0 Å². The molecule has 1 unspecified atom stereocenters. The summed E-state index contributed by atoms with van der Waals surface area (Å²) >= 11 is 1.72. The van der Waals surface area contributed by atoms with Crippen LogP contribution in [-0.2, 0) is 13.0 Å². The number of thiazole rings is 1. The van der Waals surface area contributed by atoms with E-state index in [1.54, 1.807) is 11.3 Å². The van der Waals surface area contributed by atoms with Gasteiger partial charge in [0.1, 0.15) is 5.01 Å². The Hall–Kier alpha value is -1.19. The van der Waals surface area contributed by atoms with Gasteiger partial charge in [0.05, 0.1) is 0 Å². The lowest BCUT2D eigenvalue weighted by Crippen LogP contribution is -2.37. The van der Waals surface area contributed by atoms with Crippen LogP contribution in [0.1, 0.15) is 42.4 Å². The van der Waals surface area contributed by atoms with Crippen LogP contribution in [0.2, 0.25) is 0 Å². The number of aryl methyl sites for hydroxylation is 1. The highest BCUT2D eigenvalue weighted by atomic mass is 32.1. The maximum Gasteiger partial charge on any atom is 0.106 e. The van der Waals surface area contributed by atoms with E-state index in [1.165, 1.54) is 29.0 Å². The predicted octanol–water partition coefficient (Wildman–Crippen LogP) is 3.95. The molecule has 2 nitrogen and oxygen atoms in total. The highest BCUT2D eigenvalue weighted by molar-refractivity contribution is 7.09. The predicted molar refractivity (Wildman–Crippen MR) is 80.2 cm³/mol. The van der Waals surface area contributed by atoms with E-state index in [0.717, 1.165) is 6.54 Å². The summed E-state index contributed by atoms with van der Waals surface area (Å²) in [5, 5.41) is 6.92. The number of nitrogens with zero attached hydrogens (tertiary/aromatic N) is 1. The molecule has 1 aromatic carbocycles. The van der Waals surface area contributed by atoms with E-state index < -0.39 is 0 Å². The van der Waals surface area contributed by atoms with Crippen LogP contribution in [0.3, 0.4) is 0 Å². The molecule has 2 aromatic rings. The lowest BCUT2D eigenvalue weighted by atomic mass is 9.70. The summed E-state index contributed by atoms with van der Waals surface area (Å²) in [6.45, 7) is 5.59. The van der Waals surface area contributed by atoms with Crippen molar-refractivity contribution >= 4 is 11.3 Å². The average molecular weight is 272 g/mol. The standard InChI is InChI=1S/C16H20N2S/c1-16(2)8-7-12-5-3-4-6-13(12)15(16)18-11-14-17-9-10-19-14/h3-6,9-10,15,18H,7-8,11H2,1-2H3. The van der Waals surface area contributed by atoms with Gasteiger partial charge in [0, 0.05) is 24.2 Å². The van der Waals surface area contributed by atoms with Crippen LogP contribution < -0.4 is 5.32 Å². The molecule has 100 valence electrons. The molecule has 3 heteroatoms. The molecule has 1 atom stereocenters. The molecule has 0 fully saturated rings. The Morgan fingerprint density at radius 2 is 2.21 bits per heavy atom. The highest BCUT2D eigenvalue weighted by Gasteiger charge is 2.35. The Balaban J connectivity index is 1.84. The van der Waals surface area contributed by atoms with Gasteiger partial charge < -0.3 is 5.32 Å². The molecule has 1 aromatic heterocycles. The number of rotatable bonds is 3. The van der Waals surface area contributed by atoms with E-state index in [4.69, 9.17) is 0 Å². The average Bonchev–Trinajstić information content (AvgIpc) is 2.90. The third-order valence-corrected chi connectivity index (χ3v) is 4.91. The number of fused-ring (bicyclic) bond motifs is 1. The minimum Gasteiger partial charge on any atom is -0.303 e. The van der Waals surface area contributed by atoms with E-state index in [-0.39, 0.29) is 0 Å². The van der Waals surface area contributed by atoms with Crippen LogP contribution in [0.25, 0.3) is 0 Å². The van der Waals surface area contributed by atoms with Gasteiger partial charge >= 0.3 is 0 Å². The highest BCUT2D eigenvalue weighted by Crippen LogP contribution is 2.43. The fourth-order valence-corrected chi connectivity index (χ4v) is 3.55. The van der Waals surface area contributed by atoms with Crippen LogP contribution in [0.15, 0.2) is 35.8 Å². The summed E-state index contributed by atoms with van der Waals surface area (Å²) in [6.07, 6.45) is 4.31. The van der Waals surface area contributed by atoms with Crippen LogP contribution >= 0.6 is 11.3 Å². The van der Waals surface area contributed by atoms with Gasteiger partial charge in [-0.15, -0.1) is 11.3 Å². The first-order valence-corrected chi connectivity index (χ1v) is 7.74. The lowest BCUT2D eigenvalue weighted by molar-refractivity contribution is 0.208. The molecule has 1 aliphatic carbocycles. The van der Waals surface area contributed by atoms with Gasteiger partial charge in [-0.1, -0.05) is 38.1 Å². The van der Waals surface area contributed by atoms with Gasteiger partial charge in [0.25, 0.3) is 0 Å². The van der Waals surface area contributed by atoms with Gasteiger partial charge in [0.2, 0.25) is 0 Å². The third kappa shape index (κ3) is 2.58. The van der Waals surface area contributed by atoms with Gasteiger partial charge in [-0.3, -0.25) is 0 Å². The van der Waals surface area contributed by atoms with Crippen molar-refractivity contribution in [2.75, 3.05) is 0 Å². The first kappa shape index (κ1) is 12.8. The van der Waals surface area contributed by atoms with Gasteiger partial charge in [-0.05, 0) is 29.4 Å². The van der Waals surface area contributed by atoms with Gasteiger partial charge in [-0.2, -0.15) is 0 Å². The molecule has 19 heavy (non-hydrogen) atoms. The van der Waals surface area contributed by atoms with E-state index in [0.29, 0.717) is 11.5 Å². The number of benzene rings is 1. The molecular formula is C16H20N2S. The maximum atomic E-state index is 4.36. The van der Waals surface area contributed by atoms with Crippen LogP contribution in [-0.4, -0.2) is 4.98 Å². The summed E-state index contributed by atoms with van der Waals surface area (Å²) in [5.41, 5.74) is 3.26. The second-order valence-electron chi connectivity index (χ2n) is 5.93. The van der Waals surface area contributed by atoms with E-state index in [1.807, 2.05) is 11.6 Å². The molecule has 0 spiro atoms. The summed E-state index contributed by atoms with van der Waals surface area (Å²) in [4.78, 5) is 4.36. The van der Waals surface area contributed by atoms with Gasteiger partial charge in [0.15, 0.2) is 0 Å². The normalized spacial score (nSPS) is 21.1. The lowest BCUT2D eigenvalue weighted by Gasteiger charge is -2.40. The van der Waals surface area contributed by atoms with E-state index in [2.05, 4.69) is 48.4 Å². The maximum absolute atomic E-state index is 4.36. The zero-order valence-corrected chi connectivity index (χ0v) is 12.3. The van der Waals surface area contributed by atoms with Crippen LogP contribution in [0, 0.1) is 5.41 Å². The minimum absolute atomic E-state index is 0.297. The smallest absolute Gasteiger partial charge is 0.106 e. The van der Waals surface area contributed by atoms with Crippen molar-refractivity contribution in [2.24, 2.45) is 5.41 Å². The Bertz CT molecular complexity index is 546. The molecule has 0 bridgehead atoms. The number of aromatic nitrogens is 1. The monoisotopic (exact) mass is 272 g/mol. The zero-order valence-electron chi connectivity index (χ0n) is 11.5. The summed E-state index contributed by atoms with van der Waals surface area (Å²) < 4.78 is 0. The van der Waals surface area contributed by atoms with E-state index >= 15 is 0 Å². The first-order valence-electron chi connectivity index (χ1n) is 6.86. The van der Waals surface area contributed by atoms with E-state index in [9.17, 15) is 0 Å². The van der Waals surface area contributed by atoms with Crippen LogP contribution in [0.5, 0.6) is 0 Å². The van der Waals surface area contributed by atoms with Gasteiger partial charge in [-0.25, -0.2) is 4.98 Å². The second kappa shape index (κ2) is 5.06. The molecule has 3 rings (SSSR count). The van der Waals surface area contributed by atoms with Crippen molar-refractivity contribution in [1.29, 1.82) is 0 Å². The Morgan fingerprint density at radius 3 is 3.00 bits per heavy atom. The molecule has 1 N–H and O–H groups in total. The number of nitrogens with one attached hydrogen (secondary N) is 1. The largest absolute Gasteiger partial charge is 0.303 e. The van der Waals surface area contributed by atoms with Crippen molar-refractivity contribution in [2.45, 2.75) is 39.3 Å². The topological polar surface area (TPSA) is 24.9 Å². The molecule has 0 saturated heterocycles. The van der Waals surface area contributed by atoms with Crippen molar-refractivity contribution < 1.29 is 0 Å². The molecule has 0 radical (unpaired) electrons. The minimum atomic E-state index is 0.297. The van der Waals surface area contributed by atoms with Crippen LogP contribution in [0.4, 0.5) is 0 Å². The summed E-state index contributed by atoms with van der Waals surface area (Å²) in [7, 11) is 0. The molecule has 0 saturated carbocycles. The quantitative estimate of drug-likeness (QED) is 0.915. The van der Waals surface area contributed by atoms with Crippen molar-refractivity contribution in [3.05, 3.63) is 52.0 Å². The SMILES string of the molecule is CC1(C)CCc2ccccc2C1NCc1nccs1. The number of hydrogen-bond donors (Lipinski definition) is 1. The Labute approximate surface area is 118 Å². The van der Waals surface area contributed by atoms with Crippen molar-refractivity contribution in [3.63, 3.8) is 0 Å². The Morgan fingerprint density at radius 1 is 1.37 bits per heavy atom. The molecular weight excluding hydrogens is 252 g/mol. The molecule has 1 aliphatic rings. The molecule has 1 heterocycles. The Kier molecular flexibility index (Phi) is 3.42. The summed E-state index contributed by atoms with van der Waals surface area (Å²) in [6, 6.07) is 9.26. The van der Waals surface area contributed by atoms with Crippen molar-refractivity contribution in [1.82, 2.24) is 10.3 Å². The molecule has 0 aliphatic heterocycles. The first-order chi connectivity index (χ1) is 9.17. The second-order valence-corrected chi connectivity index (χ2v) is 6.91. The third-order valence-electron chi connectivity index (χ3n) is 4.13. The fourth-order valence-electron chi connectivity index (χ4n) is 2.98. The number of hydrogen-bond acceptors (Lipinski definition) is 3. The summed E-state index contributed by atoms with van der Waals surface area (Å²) in [5.74, 6) is 0. The molecule has 0 amide bonds.